The van der Waals surface area contributed by atoms with E-state index in [1.807, 2.05) is 31.3 Å². The molecule has 1 aliphatic carbocycles. The molecule has 2 aliphatic rings. The highest BCUT2D eigenvalue weighted by molar-refractivity contribution is 8.00. The van der Waals surface area contributed by atoms with Gasteiger partial charge in [0.15, 0.2) is 20.8 Å². The topological polar surface area (TPSA) is 110 Å². The molecule has 1 aromatic carbocycles. The number of amides is 1. The molecule has 1 saturated carbocycles. The lowest BCUT2D eigenvalue weighted by Gasteiger charge is -2.16. The van der Waals surface area contributed by atoms with Crippen molar-refractivity contribution in [3.8, 4) is 11.4 Å². The highest BCUT2D eigenvalue weighted by Crippen LogP contribution is 2.42. The monoisotopic (exact) mass is 445 g/mol. The minimum absolute atomic E-state index is 0.0269. The van der Waals surface area contributed by atoms with Crippen molar-refractivity contribution in [2.45, 2.75) is 48.7 Å². The van der Waals surface area contributed by atoms with Crippen LogP contribution in [0.25, 0.3) is 22.3 Å². The number of rotatable bonds is 6. The summed E-state index contributed by atoms with van der Waals surface area (Å²) >= 11 is 1.37. The summed E-state index contributed by atoms with van der Waals surface area (Å²) in [5, 5.41) is 13.2. The second kappa shape index (κ2) is 7.42. The number of fused-ring (bicyclic) bond motifs is 1. The fourth-order valence-electron chi connectivity index (χ4n) is 3.90. The molecule has 1 amide bonds. The van der Waals surface area contributed by atoms with Crippen LogP contribution in [0.5, 0.6) is 0 Å². The van der Waals surface area contributed by atoms with Crippen LogP contribution in [0.1, 0.15) is 32.2 Å². The van der Waals surface area contributed by atoms with E-state index in [9.17, 15) is 13.2 Å². The van der Waals surface area contributed by atoms with Gasteiger partial charge in [-0.1, -0.05) is 30.0 Å². The second-order valence-electron chi connectivity index (χ2n) is 8.02. The molecule has 2 aromatic heterocycles. The average molecular weight is 446 g/mol. The Morgan fingerprint density at radius 1 is 1.27 bits per heavy atom. The van der Waals surface area contributed by atoms with Crippen molar-refractivity contribution >= 4 is 38.4 Å². The van der Waals surface area contributed by atoms with Crippen LogP contribution in [-0.2, 0) is 14.6 Å². The zero-order valence-electron chi connectivity index (χ0n) is 16.5. The van der Waals surface area contributed by atoms with Crippen molar-refractivity contribution in [1.82, 2.24) is 25.1 Å². The normalized spacial score (nSPS) is 21.7. The van der Waals surface area contributed by atoms with Gasteiger partial charge in [-0.3, -0.25) is 9.36 Å². The highest BCUT2D eigenvalue weighted by Gasteiger charge is 2.33. The van der Waals surface area contributed by atoms with Gasteiger partial charge < -0.3 is 10.3 Å². The molecule has 10 heteroatoms. The molecule has 1 aliphatic heterocycles. The Labute approximate surface area is 178 Å². The van der Waals surface area contributed by atoms with Crippen molar-refractivity contribution in [2.24, 2.45) is 0 Å². The molecule has 2 N–H and O–H groups in total. The molecule has 0 radical (unpaired) electrons. The number of benzene rings is 1. The zero-order valence-corrected chi connectivity index (χ0v) is 18.2. The fourth-order valence-corrected chi connectivity index (χ4v) is 6.50. The molecule has 0 bridgehead atoms. The van der Waals surface area contributed by atoms with Crippen molar-refractivity contribution in [2.75, 3.05) is 11.5 Å². The van der Waals surface area contributed by atoms with Gasteiger partial charge in [0.1, 0.15) is 0 Å². The fraction of sp³-hybridized carbons (Fsp3) is 0.450. The number of nitrogens with one attached hydrogen (secondary N) is 2. The molecule has 8 nitrogen and oxygen atoms in total. The summed E-state index contributed by atoms with van der Waals surface area (Å²) in [5.41, 5.74) is 2.05. The van der Waals surface area contributed by atoms with Crippen LogP contribution in [0.2, 0.25) is 0 Å². The first-order chi connectivity index (χ1) is 14.4. The Morgan fingerprint density at radius 3 is 2.80 bits per heavy atom. The SMILES string of the molecule is C[C@@H](Sc1nnc(-c2c[nH]c3ccccc23)n1C1CC1)C(=O)N[C@@H]1CCS(=O)(=O)C1. The molecule has 0 unspecified atom stereocenters. The van der Waals surface area contributed by atoms with Gasteiger partial charge in [0.05, 0.1) is 16.8 Å². The Morgan fingerprint density at radius 2 is 2.07 bits per heavy atom. The number of hydrogen-bond donors (Lipinski definition) is 2. The lowest BCUT2D eigenvalue weighted by molar-refractivity contribution is -0.120. The van der Waals surface area contributed by atoms with E-state index in [-0.39, 0.29) is 23.5 Å². The van der Waals surface area contributed by atoms with E-state index in [1.54, 1.807) is 0 Å². The maximum atomic E-state index is 12.6. The number of nitrogens with zero attached hydrogens (tertiary/aromatic N) is 3. The molecule has 158 valence electrons. The number of H-pyrrole nitrogens is 1. The second-order valence-corrected chi connectivity index (χ2v) is 11.6. The third-order valence-corrected chi connectivity index (χ3v) is 8.46. The number of thioether (sulfide) groups is 1. The molecule has 2 atom stereocenters. The van der Waals surface area contributed by atoms with Gasteiger partial charge in [0, 0.05) is 34.7 Å². The molecular formula is C20H23N5O3S2. The first kappa shape index (κ1) is 19.6. The van der Waals surface area contributed by atoms with Crippen LogP contribution in [0.4, 0.5) is 0 Å². The molecule has 2 fully saturated rings. The van der Waals surface area contributed by atoms with E-state index >= 15 is 0 Å². The minimum Gasteiger partial charge on any atom is -0.360 e. The summed E-state index contributed by atoms with van der Waals surface area (Å²) in [4.78, 5) is 15.9. The van der Waals surface area contributed by atoms with Crippen molar-refractivity contribution in [1.29, 1.82) is 0 Å². The zero-order chi connectivity index (χ0) is 20.9. The third kappa shape index (κ3) is 3.74. The van der Waals surface area contributed by atoms with E-state index in [1.165, 1.54) is 11.8 Å². The first-order valence-electron chi connectivity index (χ1n) is 10.1. The smallest absolute Gasteiger partial charge is 0.233 e. The van der Waals surface area contributed by atoms with Crippen molar-refractivity contribution < 1.29 is 13.2 Å². The van der Waals surface area contributed by atoms with Crippen LogP contribution in [0.15, 0.2) is 35.6 Å². The summed E-state index contributed by atoms with van der Waals surface area (Å²) in [7, 11) is -3.03. The predicted molar refractivity (Wildman–Crippen MR) is 116 cm³/mol. The molecule has 30 heavy (non-hydrogen) atoms. The van der Waals surface area contributed by atoms with Crippen LogP contribution in [0.3, 0.4) is 0 Å². The van der Waals surface area contributed by atoms with E-state index in [4.69, 9.17) is 0 Å². The first-order valence-corrected chi connectivity index (χ1v) is 12.8. The van der Waals surface area contributed by atoms with Crippen LogP contribution < -0.4 is 5.32 Å². The quantitative estimate of drug-likeness (QED) is 0.564. The van der Waals surface area contributed by atoms with Gasteiger partial charge in [0.25, 0.3) is 0 Å². The Kier molecular flexibility index (Phi) is 4.85. The molecule has 3 aromatic rings. The van der Waals surface area contributed by atoms with Gasteiger partial charge in [-0.25, -0.2) is 8.42 Å². The number of aromatic nitrogens is 4. The number of para-hydroxylation sites is 1. The predicted octanol–water partition coefficient (Wildman–Crippen LogP) is 2.55. The average Bonchev–Trinajstić information content (AvgIpc) is 3.17. The Balaban J connectivity index is 1.37. The number of sulfone groups is 1. The molecule has 1 saturated heterocycles. The largest absolute Gasteiger partial charge is 0.360 e. The van der Waals surface area contributed by atoms with Crippen LogP contribution >= 0.6 is 11.8 Å². The lowest BCUT2D eigenvalue weighted by Crippen LogP contribution is -2.40. The van der Waals surface area contributed by atoms with Gasteiger partial charge in [0.2, 0.25) is 5.91 Å². The molecular weight excluding hydrogens is 422 g/mol. The van der Waals surface area contributed by atoms with Crippen LogP contribution in [0, 0.1) is 0 Å². The maximum Gasteiger partial charge on any atom is 0.233 e. The standard InChI is InChI=1S/C20H23N5O3S2/c1-12(19(26)22-13-8-9-30(27,28)11-13)29-20-24-23-18(25(20)14-6-7-14)16-10-21-17-5-3-2-4-15(16)17/h2-5,10,12-14,21H,6-9,11H2,1H3,(H,22,26)/t12-,13-/m1/s1. The van der Waals surface area contributed by atoms with Crippen LogP contribution in [-0.4, -0.2) is 56.9 Å². The van der Waals surface area contributed by atoms with E-state index in [2.05, 4.69) is 31.1 Å². The number of hydrogen-bond acceptors (Lipinski definition) is 6. The lowest BCUT2D eigenvalue weighted by atomic mass is 10.1. The number of carbonyl (C=O) groups is 1. The summed E-state index contributed by atoms with van der Waals surface area (Å²) < 4.78 is 25.4. The Bertz CT molecular complexity index is 1210. The van der Waals surface area contributed by atoms with Crippen molar-refractivity contribution in [3.05, 3.63) is 30.5 Å². The summed E-state index contributed by atoms with van der Waals surface area (Å²) in [5.74, 6) is 0.816. The number of carbonyl (C=O) groups excluding carboxylic acids is 1. The summed E-state index contributed by atoms with van der Waals surface area (Å²) in [6.07, 6.45) is 4.58. The molecule has 5 rings (SSSR count). The maximum absolute atomic E-state index is 12.6. The van der Waals surface area contributed by atoms with E-state index < -0.39 is 15.1 Å². The van der Waals surface area contributed by atoms with Gasteiger partial charge in [-0.05, 0) is 32.3 Å². The molecule has 3 heterocycles. The summed E-state index contributed by atoms with van der Waals surface area (Å²) in [6, 6.07) is 8.14. The molecule has 0 spiro atoms. The van der Waals surface area contributed by atoms with Gasteiger partial charge in [-0.2, -0.15) is 0 Å². The van der Waals surface area contributed by atoms with Gasteiger partial charge >= 0.3 is 0 Å². The van der Waals surface area contributed by atoms with E-state index in [0.29, 0.717) is 12.5 Å². The minimum atomic E-state index is -3.03. The van der Waals surface area contributed by atoms with E-state index in [0.717, 1.165) is 40.3 Å². The Hall–Kier alpha value is -2.33. The highest BCUT2D eigenvalue weighted by atomic mass is 32.2. The summed E-state index contributed by atoms with van der Waals surface area (Å²) in [6.45, 7) is 1.82. The number of aromatic amines is 1. The van der Waals surface area contributed by atoms with Gasteiger partial charge in [-0.15, -0.1) is 10.2 Å². The third-order valence-electron chi connectivity index (χ3n) is 5.64. The van der Waals surface area contributed by atoms with Crippen molar-refractivity contribution in [3.63, 3.8) is 0 Å².